The molecule has 0 radical (unpaired) electrons. The summed E-state index contributed by atoms with van der Waals surface area (Å²) in [6, 6.07) is 6.32. The molecule has 110 valence electrons. The fraction of sp³-hybridized carbons (Fsp3) is 0.571. The minimum absolute atomic E-state index is 0.208. The van der Waals surface area contributed by atoms with Gasteiger partial charge >= 0.3 is 0 Å². The number of nitrogens with zero attached hydrogens (tertiary/aromatic N) is 2. The lowest BCUT2D eigenvalue weighted by molar-refractivity contribution is 0.246. The van der Waals surface area contributed by atoms with Crippen molar-refractivity contribution in [2.45, 2.75) is 36.2 Å². The SMILES string of the molecule is CN1C2CCC1CN(S(=O)(=O)c1ccccc1F)CC2. The minimum Gasteiger partial charge on any atom is -0.299 e. The van der Waals surface area contributed by atoms with Crippen molar-refractivity contribution in [1.82, 2.24) is 9.21 Å². The molecular formula is C14H19FN2O2S. The summed E-state index contributed by atoms with van der Waals surface area (Å²) >= 11 is 0. The van der Waals surface area contributed by atoms with Crippen molar-refractivity contribution in [2.75, 3.05) is 20.1 Å². The van der Waals surface area contributed by atoms with Crippen LogP contribution in [0.15, 0.2) is 29.2 Å². The van der Waals surface area contributed by atoms with Crippen LogP contribution in [0.1, 0.15) is 19.3 Å². The molecule has 0 aliphatic carbocycles. The lowest BCUT2D eigenvalue weighted by Crippen LogP contribution is -2.39. The topological polar surface area (TPSA) is 40.6 Å². The van der Waals surface area contributed by atoms with Crippen LogP contribution in [-0.2, 0) is 10.0 Å². The highest BCUT2D eigenvalue weighted by Gasteiger charge is 2.39. The maximum absolute atomic E-state index is 13.8. The highest BCUT2D eigenvalue weighted by Crippen LogP contribution is 2.31. The molecule has 20 heavy (non-hydrogen) atoms. The zero-order valence-corrected chi connectivity index (χ0v) is 12.3. The van der Waals surface area contributed by atoms with Crippen molar-refractivity contribution >= 4 is 10.0 Å². The van der Waals surface area contributed by atoms with Gasteiger partial charge in [0.05, 0.1) is 0 Å². The van der Waals surface area contributed by atoms with E-state index in [9.17, 15) is 12.8 Å². The quantitative estimate of drug-likeness (QED) is 0.834. The number of hydrogen-bond donors (Lipinski definition) is 0. The second kappa shape index (κ2) is 5.09. The number of fused-ring (bicyclic) bond motifs is 2. The first-order chi connectivity index (χ1) is 9.50. The van der Waals surface area contributed by atoms with Crippen molar-refractivity contribution < 1.29 is 12.8 Å². The Labute approximate surface area is 119 Å². The molecule has 2 fully saturated rings. The Hall–Kier alpha value is -0.980. The van der Waals surface area contributed by atoms with Gasteiger partial charge in [-0.25, -0.2) is 12.8 Å². The van der Waals surface area contributed by atoms with Gasteiger partial charge in [0.25, 0.3) is 0 Å². The van der Waals surface area contributed by atoms with Crippen LogP contribution in [-0.4, -0.2) is 49.8 Å². The van der Waals surface area contributed by atoms with Crippen LogP contribution >= 0.6 is 0 Å². The van der Waals surface area contributed by atoms with Gasteiger partial charge < -0.3 is 0 Å². The Kier molecular flexibility index (Phi) is 3.56. The standard InChI is InChI=1S/C14H19FN2O2S/c1-16-11-6-7-12(16)10-17(9-8-11)20(18,19)14-5-3-2-4-13(14)15/h2-5,11-12H,6-10H2,1H3. The van der Waals surface area contributed by atoms with Crippen molar-refractivity contribution in [1.29, 1.82) is 0 Å². The van der Waals surface area contributed by atoms with Crippen molar-refractivity contribution in [3.05, 3.63) is 30.1 Å². The summed E-state index contributed by atoms with van der Waals surface area (Å²) in [4.78, 5) is 2.07. The summed E-state index contributed by atoms with van der Waals surface area (Å²) in [5.74, 6) is -0.671. The van der Waals surface area contributed by atoms with Crippen LogP contribution in [0, 0.1) is 5.82 Å². The fourth-order valence-corrected chi connectivity index (χ4v) is 4.85. The van der Waals surface area contributed by atoms with Gasteiger partial charge in [0.1, 0.15) is 10.7 Å². The summed E-state index contributed by atoms with van der Waals surface area (Å²) in [5, 5.41) is 0. The molecule has 2 aliphatic heterocycles. The summed E-state index contributed by atoms with van der Waals surface area (Å²) in [6.45, 7) is 0.936. The van der Waals surface area contributed by atoms with E-state index in [1.54, 1.807) is 6.07 Å². The first-order valence-corrected chi connectivity index (χ1v) is 8.41. The van der Waals surface area contributed by atoms with E-state index in [1.165, 1.54) is 22.5 Å². The first kappa shape index (κ1) is 14.0. The van der Waals surface area contributed by atoms with E-state index in [-0.39, 0.29) is 10.9 Å². The van der Waals surface area contributed by atoms with E-state index >= 15 is 0 Å². The van der Waals surface area contributed by atoms with Crippen LogP contribution in [0.4, 0.5) is 4.39 Å². The minimum atomic E-state index is -3.73. The molecule has 2 bridgehead atoms. The second-order valence-electron chi connectivity index (χ2n) is 5.63. The molecule has 0 spiro atoms. The molecule has 1 aromatic carbocycles. The molecule has 4 nitrogen and oxygen atoms in total. The van der Waals surface area contributed by atoms with Gasteiger partial charge in [-0.2, -0.15) is 4.31 Å². The summed E-state index contributed by atoms with van der Waals surface area (Å²) < 4.78 is 40.5. The van der Waals surface area contributed by atoms with Gasteiger partial charge in [0.2, 0.25) is 10.0 Å². The number of sulfonamides is 1. The molecule has 6 heteroatoms. The van der Waals surface area contributed by atoms with E-state index in [0.29, 0.717) is 19.1 Å². The largest absolute Gasteiger partial charge is 0.299 e. The molecule has 1 aromatic rings. The Morgan fingerprint density at radius 1 is 1.15 bits per heavy atom. The number of benzene rings is 1. The average molecular weight is 298 g/mol. The predicted molar refractivity (Wildman–Crippen MR) is 74.3 cm³/mol. The number of hydrogen-bond acceptors (Lipinski definition) is 3. The first-order valence-electron chi connectivity index (χ1n) is 6.97. The molecule has 2 unspecified atom stereocenters. The maximum Gasteiger partial charge on any atom is 0.246 e. The smallest absolute Gasteiger partial charge is 0.246 e. The molecule has 0 N–H and O–H groups in total. The Balaban J connectivity index is 1.91. The normalized spacial score (nSPS) is 28.5. The Bertz CT molecular complexity index is 605. The van der Waals surface area contributed by atoms with Crippen LogP contribution in [0.5, 0.6) is 0 Å². The van der Waals surface area contributed by atoms with Gasteiger partial charge in [0.15, 0.2) is 0 Å². The maximum atomic E-state index is 13.8. The Morgan fingerprint density at radius 2 is 1.85 bits per heavy atom. The van der Waals surface area contributed by atoms with Crippen molar-refractivity contribution in [3.8, 4) is 0 Å². The summed E-state index contributed by atoms with van der Waals surface area (Å²) in [7, 11) is -1.67. The van der Waals surface area contributed by atoms with Gasteiger partial charge in [-0.3, -0.25) is 4.90 Å². The monoisotopic (exact) mass is 298 g/mol. The van der Waals surface area contributed by atoms with E-state index in [2.05, 4.69) is 11.9 Å². The predicted octanol–water partition coefficient (Wildman–Crippen LogP) is 1.68. The molecule has 3 rings (SSSR count). The van der Waals surface area contributed by atoms with Crippen LogP contribution < -0.4 is 0 Å². The third kappa shape index (κ3) is 2.25. The lowest BCUT2D eigenvalue weighted by Gasteiger charge is -2.25. The van der Waals surface area contributed by atoms with E-state index in [1.807, 2.05) is 0 Å². The highest BCUT2D eigenvalue weighted by molar-refractivity contribution is 7.89. The van der Waals surface area contributed by atoms with Gasteiger partial charge in [-0.05, 0) is 38.4 Å². The lowest BCUT2D eigenvalue weighted by atomic mass is 10.1. The molecule has 0 amide bonds. The molecule has 2 heterocycles. The number of halogens is 1. The third-order valence-electron chi connectivity index (χ3n) is 4.57. The average Bonchev–Trinajstić information content (AvgIpc) is 2.62. The Morgan fingerprint density at radius 3 is 2.60 bits per heavy atom. The zero-order chi connectivity index (χ0) is 14.3. The molecular weight excluding hydrogens is 279 g/mol. The summed E-state index contributed by atoms with van der Waals surface area (Å²) in [6.07, 6.45) is 2.97. The second-order valence-corrected chi connectivity index (χ2v) is 7.54. The van der Waals surface area contributed by atoms with Crippen molar-refractivity contribution in [3.63, 3.8) is 0 Å². The molecule has 2 saturated heterocycles. The molecule has 2 atom stereocenters. The summed E-state index contributed by atoms with van der Waals surface area (Å²) in [5.41, 5.74) is 0. The van der Waals surface area contributed by atoms with Gasteiger partial charge in [-0.15, -0.1) is 0 Å². The highest BCUT2D eigenvalue weighted by atomic mass is 32.2. The van der Waals surface area contributed by atoms with E-state index < -0.39 is 15.8 Å². The molecule has 2 aliphatic rings. The van der Waals surface area contributed by atoms with Gasteiger partial charge in [0, 0.05) is 25.2 Å². The van der Waals surface area contributed by atoms with Crippen LogP contribution in [0.25, 0.3) is 0 Å². The molecule has 0 saturated carbocycles. The fourth-order valence-electron chi connectivity index (χ4n) is 3.29. The zero-order valence-electron chi connectivity index (χ0n) is 11.5. The van der Waals surface area contributed by atoms with E-state index in [4.69, 9.17) is 0 Å². The molecule has 0 aromatic heterocycles. The van der Waals surface area contributed by atoms with Crippen LogP contribution in [0.3, 0.4) is 0 Å². The number of rotatable bonds is 2. The van der Waals surface area contributed by atoms with Crippen LogP contribution in [0.2, 0.25) is 0 Å². The van der Waals surface area contributed by atoms with E-state index in [0.717, 1.165) is 19.3 Å². The van der Waals surface area contributed by atoms with Gasteiger partial charge in [-0.1, -0.05) is 12.1 Å². The third-order valence-corrected chi connectivity index (χ3v) is 6.46. The number of likely N-dealkylation sites (N-methyl/N-ethyl adjacent to an activating group) is 1. The van der Waals surface area contributed by atoms with Crippen molar-refractivity contribution in [2.24, 2.45) is 0 Å².